The van der Waals surface area contributed by atoms with Crippen molar-refractivity contribution in [1.29, 1.82) is 0 Å². The quantitative estimate of drug-likeness (QED) is 0.607. The van der Waals surface area contributed by atoms with Crippen molar-refractivity contribution in [2.75, 3.05) is 29.6 Å². The normalized spacial score (nSPS) is 14.1. The molecule has 28 heavy (non-hydrogen) atoms. The first kappa shape index (κ1) is 19.8. The first-order valence-corrected chi connectivity index (χ1v) is 10.7. The first-order valence-electron chi connectivity index (χ1n) is 8.82. The van der Waals surface area contributed by atoms with E-state index in [1.165, 1.54) is 18.2 Å². The Bertz CT molecular complexity index is 1040. The van der Waals surface area contributed by atoms with Gasteiger partial charge < -0.3 is 10.2 Å². The number of rotatable bonds is 5. The summed E-state index contributed by atoms with van der Waals surface area (Å²) in [6.45, 7) is 3.24. The van der Waals surface area contributed by atoms with Crippen LogP contribution in [0.15, 0.2) is 41.3 Å². The lowest BCUT2D eigenvalue weighted by atomic mass is 10.1. The summed E-state index contributed by atoms with van der Waals surface area (Å²) in [6.07, 6.45) is 3.05. The number of sulfone groups is 1. The maximum absolute atomic E-state index is 12.6. The van der Waals surface area contributed by atoms with Crippen LogP contribution >= 0.6 is 0 Å². The van der Waals surface area contributed by atoms with E-state index in [2.05, 4.69) is 5.32 Å². The molecule has 3 rings (SSSR count). The maximum Gasteiger partial charge on any atom is 0.293 e. The monoisotopic (exact) mass is 403 g/mol. The SMILES string of the molecule is Cc1ccc(S(C)(=O)=O)cc1NC(=O)c1ccc(N2CCCC2)c([N+](=O)[O-])c1. The Balaban J connectivity index is 1.91. The lowest BCUT2D eigenvalue weighted by Crippen LogP contribution is -2.20. The fourth-order valence-corrected chi connectivity index (χ4v) is 3.84. The molecule has 8 nitrogen and oxygen atoms in total. The molecule has 0 bridgehead atoms. The standard InChI is InChI=1S/C19H21N3O5S/c1-13-5-7-15(28(2,26)27)12-16(13)20-19(23)14-6-8-17(18(11-14)22(24)25)21-9-3-4-10-21/h5-8,11-12H,3-4,9-10H2,1-2H3,(H,20,23). The molecular formula is C19H21N3O5S. The van der Waals surface area contributed by atoms with Gasteiger partial charge >= 0.3 is 0 Å². The van der Waals surface area contributed by atoms with E-state index in [-0.39, 0.29) is 16.1 Å². The van der Waals surface area contributed by atoms with Crippen LogP contribution in [0, 0.1) is 17.0 Å². The molecule has 0 radical (unpaired) electrons. The average Bonchev–Trinajstić information content (AvgIpc) is 3.16. The van der Waals surface area contributed by atoms with Crippen molar-refractivity contribution in [2.45, 2.75) is 24.7 Å². The minimum absolute atomic E-state index is 0.0868. The van der Waals surface area contributed by atoms with Gasteiger partial charge in [-0.2, -0.15) is 0 Å². The predicted octanol–water partition coefficient (Wildman–Crippen LogP) is 3.16. The average molecular weight is 403 g/mol. The Labute approximate surface area is 163 Å². The van der Waals surface area contributed by atoms with Gasteiger partial charge in [0.2, 0.25) is 0 Å². The zero-order valence-corrected chi connectivity index (χ0v) is 16.5. The third kappa shape index (κ3) is 4.14. The molecule has 0 spiro atoms. The van der Waals surface area contributed by atoms with Crippen molar-refractivity contribution < 1.29 is 18.1 Å². The highest BCUT2D eigenvalue weighted by Gasteiger charge is 2.24. The summed E-state index contributed by atoms with van der Waals surface area (Å²) in [7, 11) is -3.42. The molecule has 2 aromatic rings. The number of hydrogen-bond acceptors (Lipinski definition) is 6. The molecule has 1 N–H and O–H groups in total. The summed E-state index contributed by atoms with van der Waals surface area (Å²) >= 11 is 0. The van der Waals surface area contributed by atoms with Crippen LogP contribution in [0.3, 0.4) is 0 Å². The Kier molecular flexibility index (Phi) is 5.37. The Hall–Kier alpha value is -2.94. The molecule has 9 heteroatoms. The number of aryl methyl sites for hydroxylation is 1. The van der Waals surface area contributed by atoms with Crippen molar-refractivity contribution in [3.05, 3.63) is 57.6 Å². The van der Waals surface area contributed by atoms with Gasteiger partial charge in [-0.1, -0.05) is 6.07 Å². The second-order valence-corrected chi connectivity index (χ2v) is 8.87. The summed E-state index contributed by atoms with van der Waals surface area (Å²) in [5, 5.41) is 14.2. The summed E-state index contributed by atoms with van der Waals surface area (Å²) in [6, 6.07) is 8.86. The van der Waals surface area contributed by atoms with Gasteiger partial charge in [-0.25, -0.2) is 8.42 Å². The minimum atomic E-state index is -3.42. The fourth-order valence-electron chi connectivity index (χ4n) is 3.20. The number of carbonyl (C=O) groups excluding carboxylic acids is 1. The number of hydrogen-bond donors (Lipinski definition) is 1. The molecule has 0 aromatic heterocycles. The molecule has 148 valence electrons. The summed E-state index contributed by atoms with van der Waals surface area (Å²) in [5.41, 5.74) is 1.56. The van der Waals surface area contributed by atoms with Gasteiger partial charge in [-0.3, -0.25) is 14.9 Å². The van der Waals surface area contributed by atoms with Crippen LogP contribution in [0.4, 0.5) is 17.1 Å². The number of nitro benzene ring substituents is 1. The topological polar surface area (TPSA) is 110 Å². The lowest BCUT2D eigenvalue weighted by molar-refractivity contribution is -0.384. The van der Waals surface area contributed by atoms with Crippen LogP contribution < -0.4 is 10.2 Å². The zero-order chi connectivity index (χ0) is 20.5. The second kappa shape index (κ2) is 7.59. The van der Waals surface area contributed by atoms with E-state index in [9.17, 15) is 23.3 Å². The summed E-state index contributed by atoms with van der Waals surface area (Å²) in [4.78, 5) is 25.7. The molecule has 0 unspecified atom stereocenters. The third-order valence-electron chi connectivity index (χ3n) is 4.77. The van der Waals surface area contributed by atoms with Crippen LogP contribution in [0.5, 0.6) is 0 Å². The van der Waals surface area contributed by atoms with Crippen LogP contribution in [0.1, 0.15) is 28.8 Å². The van der Waals surface area contributed by atoms with Crippen molar-refractivity contribution in [2.24, 2.45) is 0 Å². The second-order valence-electron chi connectivity index (χ2n) is 6.86. The van der Waals surface area contributed by atoms with E-state index >= 15 is 0 Å². The van der Waals surface area contributed by atoms with Crippen molar-refractivity contribution in [3.63, 3.8) is 0 Å². The molecule has 1 amide bonds. The number of amides is 1. The number of nitro groups is 1. The molecular weight excluding hydrogens is 382 g/mol. The van der Waals surface area contributed by atoms with Crippen molar-refractivity contribution in [3.8, 4) is 0 Å². The van der Waals surface area contributed by atoms with E-state index < -0.39 is 20.7 Å². The number of anilines is 2. The summed E-state index contributed by atoms with van der Waals surface area (Å²) in [5.74, 6) is -0.537. The van der Waals surface area contributed by atoms with Gasteiger partial charge in [0.25, 0.3) is 11.6 Å². The third-order valence-corrected chi connectivity index (χ3v) is 5.88. The number of carbonyl (C=O) groups is 1. The molecule has 0 saturated carbocycles. The predicted molar refractivity (Wildman–Crippen MR) is 107 cm³/mol. The van der Waals surface area contributed by atoms with Crippen molar-refractivity contribution >= 4 is 32.8 Å². The molecule has 1 fully saturated rings. The maximum atomic E-state index is 12.6. The van der Waals surface area contributed by atoms with Gasteiger partial charge in [-0.15, -0.1) is 0 Å². The Morgan fingerprint density at radius 1 is 1.14 bits per heavy atom. The highest BCUT2D eigenvalue weighted by atomic mass is 32.2. The minimum Gasteiger partial charge on any atom is -0.366 e. The highest BCUT2D eigenvalue weighted by molar-refractivity contribution is 7.90. The molecule has 0 atom stereocenters. The van der Waals surface area contributed by atoms with Crippen LogP contribution in [-0.4, -0.2) is 38.6 Å². The Morgan fingerprint density at radius 2 is 1.82 bits per heavy atom. The molecule has 1 heterocycles. The van der Waals surface area contributed by atoms with E-state index in [0.29, 0.717) is 16.9 Å². The Morgan fingerprint density at radius 3 is 2.43 bits per heavy atom. The number of nitrogens with one attached hydrogen (secondary N) is 1. The first-order chi connectivity index (χ1) is 13.2. The zero-order valence-electron chi connectivity index (χ0n) is 15.6. The van der Waals surface area contributed by atoms with Crippen LogP contribution in [-0.2, 0) is 9.84 Å². The largest absolute Gasteiger partial charge is 0.366 e. The molecule has 0 aliphatic carbocycles. The van der Waals surface area contributed by atoms with Crippen LogP contribution in [0.2, 0.25) is 0 Å². The highest BCUT2D eigenvalue weighted by Crippen LogP contribution is 2.32. The van der Waals surface area contributed by atoms with Crippen molar-refractivity contribution in [1.82, 2.24) is 0 Å². The molecule has 2 aromatic carbocycles. The summed E-state index contributed by atoms with van der Waals surface area (Å²) < 4.78 is 23.5. The van der Waals surface area contributed by atoms with Gasteiger partial charge in [-0.05, 0) is 49.6 Å². The fraction of sp³-hybridized carbons (Fsp3) is 0.316. The smallest absolute Gasteiger partial charge is 0.293 e. The van der Waals surface area contributed by atoms with Gasteiger partial charge in [0.15, 0.2) is 9.84 Å². The van der Waals surface area contributed by atoms with E-state index in [4.69, 9.17) is 0 Å². The van der Waals surface area contributed by atoms with Crippen LogP contribution in [0.25, 0.3) is 0 Å². The van der Waals surface area contributed by atoms with E-state index in [1.54, 1.807) is 25.1 Å². The molecule has 1 saturated heterocycles. The molecule has 1 aliphatic heterocycles. The van der Waals surface area contributed by atoms with E-state index in [1.807, 2.05) is 4.90 Å². The van der Waals surface area contributed by atoms with E-state index in [0.717, 1.165) is 32.2 Å². The van der Waals surface area contributed by atoms with Gasteiger partial charge in [0.1, 0.15) is 5.69 Å². The number of benzene rings is 2. The van der Waals surface area contributed by atoms with Gasteiger partial charge in [0, 0.05) is 36.7 Å². The van der Waals surface area contributed by atoms with Gasteiger partial charge in [0.05, 0.1) is 9.82 Å². The number of nitrogens with zero attached hydrogens (tertiary/aromatic N) is 2. The lowest BCUT2D eigenvalue weighted by Gasteiger charge is -2.18. The molecule has 1 aliphatic rings.